The summed E-state index contributed by atoms with van der Waals surface area (Å²) in [5.74, 6) is 0.834. The van der Waals surface area contributed by atoms with Crippen molar-refractivity contribution < 1.29 is 0 Å². The Labute approximate surface area is 98.9 Å². The van der Waals surface area contributed by atoms with Crippen molar-refractivity contribution in [3.05, 3.63) is 30.2 Å². The molecular weight excluding hydrogens is 198 g/mol. The maximum absolute atomic E-state index is 4.45. The average Bonchev–Trinajstić information content (AvgIpc) is 2.35. The standard InChI is InChI=1S/C13H22N3/c1-4-13-14-10-9-12(15-13)8-7-11-16(5-2)6-3/h4,9-10H,5-8,11H2,1-3H3. The maximum atomic E-state index is 4.45. The number of aryl methyl sites for hydroxylation is 1. The van der Waals surface area contributed by atoms with Crippen molar-refractivity contribution in [2.24, 2.45) is 0 Å². The molecule has 0 amide bonds. The van der Waals surface area contributed by atoms with E-state index in [2.05, 4.69) is 28.7 Å². The van der Waals surface area contributed by atoms with Gasteiger partial charge in [-0.15, -0.1) is 0 Å². The molecule has 1 aromatic heterocycles. The molecule has 3 nitrogen and oxygen atoms in total. The van der Waals surface area contributed by atoms with Crippen LogP contribution in [0.3, 0.4) is 0 Å². The molecule has 0 atom stereocenters. The van der Waals surface area contributed by atoms with E-state index in [-0.39, 0.29) is 0 Å². The van der Waals surface area contributed by atoms with Crippen molar-refractivity contribution in [3.63, 3.8) is 0 Å². The van der Waals surface area contributed by atoms with Crippen molar-refractivity contribution >= 4 is 0 Å². The van der Waals surface area contributed by atoms with Crippen LogP contribution in [-0.2, 0) is 6.42 Å². The Morgan fingerprint density at radius 3 is 2.69 bits per heavy atom. The van der Waals surface area contributed by atoms with Crippen LogP contribution in [0.1, 0.15) is 38.7 Å². The zero-order chi connectivity index (χ0) is 11.8. The van der Waals surface area contributed by atoms with Gasteiger partial charge in [0.1, 0.15) is 5.82 Å². The van der Waals surface area contributed by atoms with E-state index >= 15 is 0 Å². The smallest absolute Gasteiger partial charge is 0.132 e. The quantitative estimate of drug-likeness (QED) is 0.706. The molecule has 0 aliphatic heterocycles. The second-order valence-corrected chi connectivity index (χ2v) is 3.83. The van der Waals surface area contributed by atoms with Crippen molar-refractivity contribution in [2.45, 2.75) is 33.6 Å². The SMILES string of the molecule is C[CH]c1nccc(CCCN(CC)CC)n1. The lowest BCUT2D eigenvalue weighted by atomic mass is 10.2. The van der Waals surface area contributed by atoms with Crippen molar-refractivity contribution in [2.75, 3.05) is 19.6 Å². The first-order chi connectivity index (χ1) is 7.80. The molecule has 16 heavy (non-hydrogen) atoms. The third-order valence-corrected chi connectivity index (χ3v) is 2.79. The van der Waals surface area contributed by atoms with Crippen LogP contribution in [0.25, 0.3) is 0 Å². The molecular formula is C13H22N3. The summed E-state index contributed by atoms with van der Waals surface area (Å²) in [6.07, 6.45) is 5.99. The van der Waals surface area contributed by atoms with Gasteiger partial charge >= 0.3 is 0 Å². The molecule has 0 aliphatic carbocycles. The van der Waals surface area contributed by atoms with Gasteiger partial charge in [0.2, 0.25) is 0 Å². The molecule has 1 rings (SSSR count). The number of rotatable bonds is 7. The van der Waals surface area contributed by atoms with Gasteiger partial charge in [-0.1, -0.05) is 20.8 Å². The Hall–Kier alpha value is -0.960. The van der Waals surface area contributed by atoms with E-state index in [9.17, 15) is 0 Å². The second kappa shape index (κ2) is 7.34. The van der Waals surface area contributed by atoms with Gasteiger partial charge in [-0.05, 0) is 38.5 Å². The highest BCUT2D eigenvalue weighted by Gasteiger charge is 2.01. The molecule has 0 unspecified atom stereocenters. The lowest BCUT2D eigenvalue weighted by molar-refractivity contribution is 0.299. The Morgan fingerprint density at radius 1 is 1.31 bits per heavy atom. The third kappa shape index (κ3) is 4.27. The Morgan fingerprint density at radius 2 is 2.06 bits per heavy atom. The normalized spacial score (nSPS) is 11.0. The van der Waals surface area contributed by atoms with Gasteiger partial charge in [0, 0.05) is 18.3 Å². The summed E-state index contributed by atoms with van der Waals surface area (Å²) in [6, 6.07) is 2.01. The molecule has 0 fully saturated rings. The van der Waals surface area contributed by atoms with E-state index in [1.165, 1.54) is 6.42 Å². The largest absolute Gasteiger partial charge is 0.304 e. The molecule has 0 saturated heterocycles. The average molecular weight is 220 g/mol. The van der Waals surface area contributed by atoms with E-state index in [1.54, 1.807) is 0 Å². The van der Waals surface area contributed by atoms with Gasteiger partial charge in [0.25, 0.3) is 0 Å². The summed E-state index contributed by atoms with van der Waals surface area (Å²) in [6.45, 7) is 9.80. The van der Waals surface area contributed by atoms with Crippen LogP contribution in [0.4, 0.5) is 0 Å². The highest BCUT2D eigenvalue weighted by molar-refractivity contribution is 5.07. The van der Waals surface area contributed by atoms with Crippen LogP contribution in [0.5, 0.6) is 0 Å². The molecule has 1 aromatic rings. The van der Waals surface area contributed by atoms with Crippen LogP contribution in [0.15, 0.2) is 12.3 Å². The van der Waals surface area contributed by atoms with Gasteiger partial charge in [0.15, 0.2) is 0 Å². The number of nitrogens with zero attached hydrogens (tertiary/aromatic N) is 3. The van der Waals surface area contributed by atoms with Crippen LogP contribution < -0.4 is 0 Å². The second-order valence-electron chi connectivity index (χ2n) is 3.83. The van der Waals surface area contributed by atoms with Crippen molar-refractivity contribution in [3.8, 4) is 0 Å². The maximum Gasteiger partial charge on any atom is 0.132 e. The highest BCUT2D eigenvalue weighted by atomic mass is 15.1. The number of aromatic nitrogens is 2. The first kappa shape index (κ1) is 13.1. The van der Waals surface area contributed by atoms with Crippen LogP contribution in [-0.4, -0.2) is 34.5 Å². The molecule has 1 heterocycles. The molecule has 3 heteroatoms. The summed E-state index contributed by atoms with van der Waals surface area (Å²) in [7, 11) is 0. The molecule has 0 aromatic carbocycles. The van der Waals surface area contributed by atoms with Crippen LogP contribution in [0.2, 0.25) is 0 Å². The fourth-order valence-corrected chi connectivity index (χ4v) is 1.71. The zero-order valence-corrected chi connectivity index (χ0v) is 10.6. The fourth-order valence-electron chi connectivity index (χ4n) is 1.71. The summed E-state index contributed by atoms with van der Waals surface area (Å²) in [5.41, 5.74) is 1.15. The predicted molar refractivity (Wildman–Crippen MR) is 67.2 cm³/mol. The monoisotopic (exact) mass is 220 g/mol. The molecule has 0 aliphatic rings. The van der Waals surface area contributed by atoms with E-state index in [0.29, 0.717) is 0 Å². The minimum atomic E-state index is 0.834. The zero-order valence-electron chi connectivity index (χ0n) is 10.6. The van der Waals surface area contributed by atoms with E-state index in [0.717, 1.165) is 37.6 Å². The third-order valence-electron chi connectivity index (χ3n) is 2.79. The van der Waals surface area contributed by atoms with Gasteiger partial charge in [0.05, 0.1) is 0 Å². The highest BCUT2D eigenvalue weighted by Crippen LogP contribution is 2.02. The molecule has 1 radical (unpaired) electrons. The van der Waals surface area contributed by atoms with Gasteiger partial charge in [-0.3, -0.25) is 0 Å². The van der Waals surface area contributed by atoms with Gasteiger partial charge in [-0.25, -0.2) is 9.97 Å². The Kier molecular flexibility index (Phi) is 6.01. The fraction of sp³-hybridized carbons (Fsp3) is 0.615. The lowest BCUT2D eigenvalue weighted by Crippen LogP contribution is -2.24. The van der Waals surface area contributed by atoms with E-state index in [1.807, 2.05) is 25.6 Å². The topological polar surface area (TPSA) is 29.0 Å². The molecule has 0 bridgehead atoms. The first-order valence-corrected chi connectivity index (χ1v) is 6.13. The van der Waals surface area contributed by atoms with Crippen molar-refractivity contribution in [1.29, 1.82) is 0 Å². The van der Waals surface area contributed by atoms with Gasteiger partial charge in [-0.2, -0.15) is 0 Å². The van der Waals surface area contributed by atoms with Gasteiger partial charge < -0.3 is 4.90 Å². The Balaban J connectivity index is 2.36. The van der Waals surface area contributed by atoms with Crippen LogP contribution >= 0.6 is 0 Å². The first-order valence-electron chi connectivity index (χ1n) is 6.13. The van der Waals surface area contributed by atoms with E-state index in [4.69, 9.17) is 0 Å². The predicted octanol–water partition coefficient (Wildman–Crippen LogP) is 2.32. The summed E-state index contributed by atoms with van der Waals surface area (Å²) in [4.78, 5) is 11.0. The van der Waals surface area contributed by atoms with Crippen molar-refractivity contribution in [1.82, 2.24) is 14.9 Å². The lowest BCUT2D eigenvalue weighted by Gasteiger charge is -2.17. The minimum absolute atomic E-state index is 0.834. The summed E-state index contributed by atoms with van der Waals surface area (Å²) in [5, 5.41) is 0. The Bertz CT molecular complexity index is 295. The number of hydrogen-bond donors (Lipinski definition) is 0. The molecule has 0 N–H and O–H groups in total. The summed E-state index contributed by atoms with van der Waals surface area (Å²) < 4.78 is 0. The summed E-state index contributed by atoms with van der Waals surface area (Å²) >= 11 is 0. The molecule has 89 valence electrons. The number of hydrogen-bond acceptors (Lipinski definition) is 3. The minimum Gasteiger partial charge on any atom is -0.304 e. The van der Waals surface area contributed by atoms with Crippen LogP contribution in [0, 0.1) is 6.42 Å². The van der Waals surface area contributed by atoms with E-state index < -0.39 is 0 Å². The molecule has 0 spiro atoms. The molecule has 0 saturated carbocycles.